The van der Waals surface area contributed by atoms with Crippen LogP contribution in [0.5, 0.6) is 0 Å². The molecule has 102 valence electrons. The minimum Gasteiger partial charge on any atom is -0.467 e. The van der Waals surface area contributed by atoms with Crippen molar-refractivity contribution >= 4 is 28.8 Å². The Hall–Kier alpha value is -1.04. The van der Waals surface area contributed by atoms with E-state index in [1.54, 1.807) is 11.8 Å². The molecule has 1 amide bonds. The van der Waals surface area contributed by atoms with Crippen LogP contribution in [0.3, 0.4) is 0 Å². The van der Waals surface area contributed by atoms with E-state index in [-0.39, 0.29) is 22.9 Å². The first-order chi connectivity index (χ1) is 8.47. The van der Waals surface area contributed by atoms with Crippen molar-refractivity contribution in [2.75, 3.05) is 19.4 Å². The van der Waals surface area contributed by atoms with Crippen molar-refractivity contribution in [3.8, 4) is 0 Å². The largest absolute Gasteiger partial charge is 0.467 e. The predicted molar refractivity (Wildman–Crippen MR) is 69.1 cm³/mol. The molecule has 0 aromatic rings. The smallest absolute Gasteiger partial charge is 0.328 e. The molecule has 18 heavy (non-hydrogen) atoms. The summed E-state index contributed by atoms with van der Waals surface area (Å²) < 4.78 is 4.70. The van der Waals surface area contributed by atoms with Gasteiger partial charge in [-0.3, -0.25) is 9.59 Å². The van der Waals surface area contributed by atoms with E-state index in [2.05, 4.69) is 0 Å². The Morgan fingerprint density at radius 2 is 2.11 bits per heavy atom. The topological polar surface area (TPSA) is 63.7 Å². The van der Waals surface area contributed by atoms with Gasteiger partial charge in [-0.05, 0) is 12.8 Å². The van der Waals surface area contributed by atoms with E-state index in [4.69, 9.17) is 4.74 Å². The summed E-state index contributed by atoms with van der Waals surface area (Å²) in [6.07, 6.45) is 1.48. The van der Waals surface area contributed by atoms with Crippen molar-refractivity contribution in [1.82, 2.24) is 4.90 Å². The Bertz CT molecular complexity index is 345. The summed E-state index contributed by atoms with van der Waals surface area (Å²) in [4.78, 5) is 36.2. The lowest BCUT2D eigenvalue weighted by molar-refractivity contribution is -0.151. The number of esters is 1. The number of amides is 1. The molecule has 0 radical (unpaired) electrons. The number of rotatable bonds is 4. The Balaban J connectivity index is 2.59. The van der Waals surface area contributed by atoms with Crippen molar-refractivity contribution in [3.63, 3.8) is 0 Å². The van der Waals surface area contributed by atoms with E-state index in [9.17, 15) is 14.4 Å². The summed E-state index contributed by atoms with van der Waals surface area (Å²) in [5.41, 5.74) is 0. The molecule has 0 aromatic carbocycles. The molecule has 6 heteroatoms. The van der Waals surface area contributed by atoms with Crippen molar-refractivity contribution < 1.29 is 19.1 Å². The van der Waals surface area contributed by atoms with E-state index in [0.717, 1.165) is 18.2 Å². The zero-order valence-corrected chi connectivity index (χ0v) is 11.8. The van der Waals surface area contributed by atoms with Gasteiger partial charge < -0.3 is 9.64 Å². The monoisotopic (exact) mass is 273 g/mol. The molecule has 5 nitrogen and oxygen atoms in total. The van der Waals surface area contributed by atoms with Crippen LogP contribution in [0, 0.1) is 5.92 Å². The number of carbonyl (C=O) groups excluding carboxylic acids is 3. The van der Waals surface area contributed by atoms with Crippen molar-refractivity contribution in [1.29, 1.82) is 0 Å². The number of thioether (sulfide) groups is 1. The maximum Gasteiger partial charge on any atom is 0.328 e. The first-order valence-electron chi connectivity index (χ1n) is 5.99. The quantitative estimate of drug-likeness (QED) is 0.717. The standard InChI is InChI=1S/C12H19NO4S/c1-8(7-18-9(2)14)11(15)13-6-4-5-10(13)12(16)17-3/h8,10H,4-7H2,1-3H3/t8?,10-/m0/s1. The summed E-state index contributed by atoms with van der Waals surface area (Å²) in [5.74, 6) is -0.230. The lowest BCUT2D eigenvalue weighted by Crippen LogP contribution is -2.44. The first-order valence-corrected chi connectivity index (χ1v) is 6.97. The number of hydrogen-bond acceptors (Lipinski definition) is 5. The van der Waals surface area contributed by atoms with E-state index in [1.165, 1.54) is 14.0 Å². The fraction of sp³-hybridized carbons (Fsp3) is 0.750. The van der Waals surface area contributed by atoms with Gasteiger partial charge in [0, 0.05) is 25.1 Å². The molecule has 1 aliphatic rings. The van der Waals surface area contributed by atoms with E-state index in [1.807, 2.05) is 0 Å². The van der Waals surface area contributed by atoms with Gasteiger partial charge in [0.15, 0.2) is 5.12 Å². The van der Waals surface area contributed by atoms with Gasteiger partial charge >= 0.3 is 5.97 Å². The van der Waals surface area contributed by atoms with Crippen molar-refractivity contribution in [2.24, 2.45) is 5.92 Å². The lowest BCUT2D eigenvalue weighted by atomic mass is 10.1. The van der Waals surface area contributed by atoms with Gasteiger partial charge in [0.1, 0.15) is 6.04 Å². The molecule has 1 heterocycles. The number of likely N-dealkylation sites (tertiary alicyclic amines) is 1. The molecule has 0 spiro atoms. The summed E-state index contributed by atoms with van der Waals surface area (Å²) in [6, 6.07) is -0.452. The normalized spacial score (nSPS) is 20.6. The van der Waals surface area contributed by atoms with E-state index in [0.29, 0.717) is 18.7 Å². The average Bonchev–Trinajstić information content (AvgIpc) is 2.82. The number of carbonyl (C=O) groups is 3. The number of ether oxygens (including phenoxy) is 1. The molecular weight excluding hydrogens is 254 g/mol. The first kappa shape index (κ1) is 15.0. The molecule has 0 N–H and O–H groups in total. The SMILES string of the molecule is COC(=O)[C@@H]1CCCN1C(=O)C(C)CSC(C)=O. The van der Waals surface area contributed by atoms with Crippen molar-refractivity contribution in [2.45, 2.75) is 32.7 Å². The molecule has 0 bridgehead atoms. The third-order valence-electron chi connectivity index (χ3n) is 2.97. The minimum atomic E-state index is -0.452. The van der Waals surface area contributed by atoms with Crippen LogP contribution in [0.2, 0.25) is 0 Å². The van der Waals surface area contributed by atoms with E-state index < -0.39 is 6.04 Å². The van der Waals surface area contributed by atoms with Crippen LogP contribution in [0.15, 0.2) is 0 Å². The van der Waals surface area contributed by atoms with Crippen LogP contribution in [0.4, 0.5) is 0 Å². The van der Waals surface area contributed by atoms with Gasteiger partial charge in [0.2, 0.25) is 5.91 Å². The molecule has 1 rings (SSSR count). The number of nitrogens with zero attached hydrogens (tertiary/aromatic N) is 1. The summed E-state index contributed by atoms with van der Waals surface area (Å²) in [7, 11) is 1.33. The molecule has 1 aliphatic heterocycles. The molecule has 1 fully saturated rings. The Labute approximate surface area is 111 Å². The van der Waals surface area contributed by atoms with Gasteiger partial charge in [0.05, 0.1) is 7.11 Å². The van der Waals surface area contributed by atoms with Crippen LogP contribution in [0.1, 0.15) is 26.7 Å². The van der Waals surface area contributed by atoms with Crippen LogP contribution in [0.25, 0.3) is 0 Å². The number of hydrogen-bond donors (Lipinski definition) is 0. The third-order valence-corrected chi connectivity index (χ3v) is 4.04. The fourth-order valence-corrected chi connectivity index (χ4v) is 2.64. The molecule has 0 aliphatic carbocycles. The minimum absolute atomic E-state index is 0.000546. The number of methoxy groups -OCH3 is 1. The zero-order chi connectivity index (χ0) is 13.7. The second kappa shape index (κ2) is 6.78. The maximum atomic E-state index is 12.2. The molecule has 0 saturated carbocycles. The Morgan fingerprint density at radius 3 is 2.67 bits per heavy atom. The summed E-state index contributed by atoms with van der Waals surface area (Å²) in [5, 5.41) is 0.000546. The van der Waals surface area contributed by atoms with Crippen molar-refractivity contribution in [3.05, 3.63) is 0 Å². The summed E-state index contributed by atoms with van der Waals surface area (Å²) >= 11 is 1.14. The highest BCUT2D eigenvalue weighted by Gasteiger charge is 2.36. The Morgan fingerprint density at radius 1 is 1.44 bits per heavy atom. The van der Waals surface area contributed by atoms with Gasteiger partial charge in [-0.25, -0.2) is 4.79 Å². The zero-order valence-electron chi connectivity index (χ0n) is 11.0. The lowest BCUT2D eigenvalue weighted by Gasteiger charge is -2.25. The van der Waals surface area contributed by atoms with Crippen LogP contribution in [-0.4, -0.2) is 47.3 Å². The van der Waals surface area contributed by atoms with Crippen LogP contribution in [-0.2, 0) is 19.1 Å². The van der Waals surface area contributed by atoms with Gasteiger partial charge in [-0.2, -0.15) is 0 Å². The molecule has 2 atom stereocenters. The molecular formula is C12H19NO4S. The molecule has 1 saturated heterocycles. The second-order valence-corrected chi connectivity index (χ2v) is 5.61. The van der Waals surface area contributed by atoms with Gasteiger partial charge in [0.25, 0.3) is 0 Å². The highest BCUT2D eigenvalue weighted by molar-refractivity contribution is 8.13. The molecule has 1 unspecified atom stereocenters. The second-order valence-electron chi connectivity index (χ2n) is 4.42. The molecule has 0 aromatic heterocycles. The highest BCUT2D eigenvalue weighted by Crippen LogP contribution is 2.22. The highest BCUT2D eigenvalue weighted by atomic mass is 32.2. The average molecular weight is 273 g/mol. The predicted octanol–water partition coefficient (Wildman–Crippen LogP) is 1.07. The third kappa shape index (κ3) is 3.73. The maximum absolute atomic E-state index is 12.2. The summed E-state index contributed by atoms with van der Waals surface area (Å²) in [6.45, 7) is 3.85. The Kier molecular flexibility index (Phi) is 5.65. The van der Waals surface area contributed by atoms with Crippen LogP contribution >= 0.6 is 11.8 Å². The van der Waals surface area contributed by atoms with E-state index >= 15 is 0 Å². The fourth-order valence-electron chi connectivity index (χ4n) is 2.01. The van der Waals surface area contributed by atoms with Crippen LogP contribution < -0.4 is 0 Å². The van der Waals surface area contributed by atoms with Gasteiger partial charge in [-0.1, -0.05) is 18.7 Å². The van der Waals surface area contributed by atoms with Gasteiger partial charge in [-0.15, -0.1) is 0 Å².